The molecule has 0 fully saturated rings. The molecular weight excluding hydrogens is 181 g/mol. The van der Waals surface area contributed by atoms with Crippen molar-refractivity contribution in [2.24, 2.45) is 0 Å². The zero-order chi connectivity index (χ0) is 8.91. The second-order valence-corrected chi connectivity index (χ2v) is 3.85. The first-order chi connectivity index (χ1) is 5.02. The van der Waals surface area contributed by atoms with Crippen molar-refractivity contribution in [2.45, 2.75) is 32.7 Å². The summed E-state index contributed by atoms with van der Waals surface area (Å²) in [5.41, 5.74) is 1.53. The molecule has 66 valence electrons. The van der Waals surface area contributed by atoms with Crippen LogP contribution in [-0.4, -0.2) is 12.1 Å². The zero-order valence-electron chi connectivity index (χ0n) is 7.25. The second kappa shape index (κ2) is 5.02. The summed E-state index contributed by atoms with van der Waals surface area (Å²) < 4.78 is 0. The Bertz CT molecular complexity index is 141. The third-order valence-corrected chi connectivity index (χ3v) is 2.36. The number of nitrogens with one attached hydrogen (secondary N) is 1. The first-order valence-corrected chi connectivity index (χ1v) is 4.53. The van der Waals surface area contributed by atoms with Crippen LogP contribution in [0.5, 0.6) is 0 Å². The Morgan fingerprint density at radius 3 is 2.45 bits per heavy atom. The highest BCUT2D eigenvalue weighted by Crippen LogP contribution is 2.09. The lowest BCUT2D eigenvalue weighted by Crippen LogP contribution is -2.39. The van der Waals surface area contributed by atoms with Gasteiger partial charge in [-0.1, -0.05) is 30.1 Å². The Morgan fingerprint density at radius 1 is 1.55 bits per heavy atom. The van der Waals surface area contributed by atoms with Gasteiger partial charge in [-0.2, -0.15) is 0 Å². The molecule has 0 spiro atoms. The van der Waals surface area contributed by atoms with E-state index in [1.807, 2.05) is 0 Å². The standard InChI is InChI=1S/C8H15Cl2N/c1-4-8(2,3)11-6-7(10)5-9/h5,11H,4,6H2,1-3H3. The van der Waals surface area contributed by atoms with Crippen LogP contribution >= 0.6 is 23.2 Å². The summed E-state index contributed by atoms with van der Waals surface area (Å²) in [6.07, 6.45) is 1.07. The van der Waals surface area contributed by atoms with Crippen molar-refractivity contribution in [3.63, 3.8) is 0 Å². The fourth-order valence-electron chi connectivity index (χ4n) is 0.487. The summed E-state index contributed by atoms with van der Waals surface area (Å²) in [4.78, 5) is 0. The molecule has 0 bridgehead atoms. The lowest BCUT2D eigenvalue weighted by molar-refractivity contribution is 0.393. The van der Waals surface area contributed by atoms with E-state index in [2.05, 4.69) is 26.1 Å². The van der Waals surface area contributed by atoms with Crippen LogP contribution < -0.4 is 5.32 Å². The maximum atomic E-state index is 5.69. The first kappa shape index (κ1) is 11.3. The molecule has 11 heavy (non-hydrogen) atoms. The van der Waals surface area contributed by atoms with Gasteiger partial charge in [0.2, 0.25) is 0 Å². The number of halogens is 2. The number of hydrogen-bond acceptors (Lipinski definition) is 1. The van der Waals surface area contributed by atoms with Gasteiger partial charge in [0.1, 0.15) is 0 Å². The van der Waals surface area contributed by atoms with Gasteiger partial charge in [-0.05, 0) is 20.3 Å². The molecule has 0 aromatic rings. The van der Waals surface area contributed by atoms with E-state index >= 15 is 0 Å². The van der Waals surface area contributed by atoms with Crippen LogP contribution in [-0.2, 0) is 0 Å². The van der Waals surface area contributed by atoms with Crippen molar-refractivity contribution < 1.29 is 0 Å². The lowest BCUT2D eigenvalue weighted by Gasteiger charge is -2.24. The molecule has 0 radical (unpaired) electrons. The maximum absolute atomic E-state index is 5.69. The highest BCUT2D eigenvalue weighted by atomic mass is 35.5. The molecule has 0 aliphatic heterocycles. The molecule has 0 saturated carbocycles. The van der Waals surface area contributed by atoms with Crippen LogP contribution in [0.15, 0.2) is 10.6 Å². The van der Waals surface area contributed by atoms with Gasteiger partial charge in [-0.25, -0.2) is 0 Å². The molecule has 0 amide bonds. The topological polar surface area (TPSA) is 12.0 Å². The Morgan fingerprint density at radius 2 is 2.09 bits per heavy atom. The molecular formula is C8H15Cl2N. The molecule has 3 heteroatoms. The Hall–Kier alpha value is 0.280. The maximum Gasteiger partial charge on any atom is 0.0432 e. The van der Waals surface area contributed by atoms with E-state index in [0.717, 1.165) is 6.42 Å². The fourth-order valence-corrected chi connectivity index (χ4v) is 0.631. The predicted octanol–water partition coefficient (Wildman–Crippen LogP) is 3.08. The van der Waals surface area contributed by atoms with Gasteiger partial charge in [0.05, 0.1) is 0 Å². The molecule has 0 aromatic heterocycles. The monoisotopic (exact) mass is 195 g/mol. The Balaban J connectivity index is 3.70. The van der Waals surface area contributed by atoms with Crippen molar-refractivity contribution >= 4 is 23.2 Å². The molecule has 0 aliphatic rings. The summed E-state index contributed by atoms with van der Waals surface area (Å²) in [7, 11) is 0. The molecule has 1 N–H and O–H groups in total. The van der Waals surface area contributed by atoms with E-state index in [9.17, 15) is 0 Å². The van der Waals surface area contributed by atoms with E-state index < -0.39 is 0 Å². The van der Waals surface area contributed by atoms with Crippen LogP contribution in [0.3, 0.4) is 0 Å². The molecule has 0 saturated heterocycles. The molecule has 0 aromatic carbocycles. The van der Waals surface area contributed by atoms with Crippen molar-refractivity contribution in [1.82, 2.24) is 5.32 Å². The average Bonchev–Trinajstić information content (AvgIpc) is 2.00. The molecule has 0 aliphatic carbocycles. The number of rotatable bonds is 4. The Labute approximate surface area is 78.8 Å². The fraction of sp³-hybridized carbons (Fsp3) is 0.750. The summed E-state index contributed by atoms with van der Waals surface area (Å²) in [6, 6.07) is 0. The lowest BCUT2D eigenvalue weighted by atomic mass is 10.0. The van der Waals surface area contributed by atoms with Crippen LogP contribution in [0.4, 0.5) is 0 Å². The first-order valence-electron chi connectivity index (χ1n) is 3.71. The Kier molecular flexibility index (Phi) is 5.15. The van der Waals surface area contributed by atoms with Gasteiger partial charge in [-0.15, -0.1) is 0 Å². The van der Waals surface area contributed by atoms with E-state index in [-0.39, 0.29) is 5.54 Å². The van der Waals surface area contributed by atoms with Gasteiger partial charge in [0.15, 0.2) is 0 Å². The average molecular weight is 196 g/mol. The van der Waals surface area contributed by atoms with Crippen molar-refractivity contribution in [1.29, 1.82) is 0 Å². The summed E-state index contributed by atoms with van der Waals surface area (Å²) in [6.45, 7) is 7.04. The van der Waals surface area contributed by atoms with Gasteiger partial charge >= 0.3 is 0 Å². The number of hydrogen-bond donors (Lipinski definition) is 1. The van der Waals surface area contributed by atoms with Gasteiger partial charge in [0, 0.05) is 22.7 Å². The minimum Gasteiger partial charge on any atom is -0.307 e. The van der Waals surface area contributed by atoms with Crippen LogP contribution in [0.2, 0.25) is 0 Å². The molecule has 0 rings (SSSR count). The minimum absolute atomic E-state index is 0.139. The molecule has 1 nitrogen and oxygen atoms in total. The predicted molar refractivity (Wildman–Crippen MR) is 52.2 cm³/mol. The summed E-state index contributed by atoms with van der Waals surface area (Å²) >= 11 is 11.1. The minimum atomic E-state index is 0.139. The second-order valence-electron chi connectivity index (χ2n) is 3.15. The zero-order valence-corrected chi connectivity index (χ0v) is 8.76. The SMILES string of the molecule is CCC(C)(C)NCC(Cl)=CCl. The van der Waals surface area contributed by atoms with Crippen LogP contribution in [0.25, 0.3) is 0 Å². The van der Waals surface area contributed by atoms with Crippen molar-refractivity contribution in [3.8, 4) is 0 Å². The highest BCUT2D eigenvalue weighted by Gasteiger charge is 2.13. The normalized spacial score (nSPS) is 13.7. The highest BCUT2D eigenvalue weighted by molar-refractivity contribution is 6.36. The van der Waals surface area contributed by atoms with Crippen molar-refractivity contribution in [2.75, 3.05) is 6.54 Å². The quantitative estimate of drug-likeness (QED) is 0.728. The van der Waals surface area contributed by atoms with E-state index in [1.165, 1.54) is 5.54 Å². The van der Waals surface area contributed by atoms with Gasteiger partial charge in [-0.3, -0.25) is 0 Å². The molecule has 0 unspecified atom stereocenters. The van der Waals surface area contributed by atoms with Crippen molar-refractivity contribution in [3.05, 3.63) is 10.6 Å². The molecule has 0 heterocycles. The summed E-state index contributed by atoms with van der Waals surface area (Å²) in [5.74, 6) is 0. The molecule has 0 atom stereocenters. The van der Waals surface area contributed by atoms with Crippen LogP contribution in [0.1, 0.15) is 27.2 Å². The van der Waals surface area contributed by atoms with Gasteiger partial charge < -0.3 is 5.32 Å². The summed E-state index contributed by atoms with van der Waals surface area (Å²) in [5, 5.41) is 3.92. The largest absolute Gasteiger partial charge is 0.307 e. The van der Waals surface area contributed by atoms with Gasteiger partial charge in [0.25, 0.3) is 0 Å². The van der Waals surface area contributed by atoms with E-state index in [4.69, 9.17) is 23.2 Å². The van der Waals surface area contributed by atoms with E-state index in [0.29, 0.717) is 11.6 Å². The van der Waals surface area contributed by atoms with E-state index in [1.54, 1.807) is 0 Å². The van der Waals surface area contributed by atoms with Crippen LogP contribution in [0, 0.1) is 0 Å². The third-order valence-electron chi connectivity index (χ3n) is 1.74. The smallest absolute Gasteiger partial charge is 0.0432 e. The third kappa shape index (κ3) is 5.54.